The van der Waals surface area contributed by atoms with Gasteiger partial charge in [0.05, 0.1) is 19.7 Å². The van der Waals surface area contributed by atoms with Gasteiger partial charge in [-0.25, -0.2) is 8.78 Å². The standard InChI is InChI=1S/C20H24F2N2O3/c1-3-26-16-5-7-17(8-6-16)27-11-10-23-20(25)13-24-14(2)18-9-4-15(21)12-19(18)22/h4-9,12,14,24H,3,10-11,13H2,1-2H3,(H,23,25)/t14-/m0/s1. The minimum Gasteiger partial charge on any atom is -0.494 e. The molecule has 2 aromatic carbocycles. The molecule has 27 heavy (non-hydrogen) atoms. The first-order chi connectivity index (χ1) is 13.0. The van der Waals surface area contributed by atoms with E-state index in [-0.39, 0.29) is 12.5 Å². The van der Waals surface area contributed by atoms with E-state index < -0.39 is 17.7 Å². The molecule has 0 aliphatic rings. The van der Waals surface area contributed by atoms with Gasteiger partial charge in [0.1, 0.15) is 29.7 Å². The summed E-state index contributed by atoms with van der Waals surface area (Å²) in [6, 6.07) is 10.2. The normalized spacial score (nSPS) is 11.7. The predicted molar refractivity (Wildman–Crippen MR) is 98.9 cm³/mol. The lowest BCUT2D eigenvalue weighted by Crippen LogP contribution is -2.37. The summed E-state index contributed by atoms with van der Waals surface area (Å²) in [6.07, 6.45) is 0. The maximum Gasteiger partial charge on any atom is 0.234 e. The monoisotopic (exact) mass is 378 g/mol. The van der Waals surface area contributed by atoms with Crippen molar-refractivity contribution < 1.29 is 23.0 Å². The maximum absolute atomic E-state index is 13.7. The van der Waals surface area contributed by atoms with Crippen LogP contribution in [0.2, 0.25) is 0 Å². The maximum atomic E-state index is 13.7. The SMILES string of the molecule is CCOc1ccc(OCCNC(=O)CN[C@@H](C)c2ccc(F)cc2F)cc1. The number of ether oxygens (including phenoxy) is 2. The Morgan fingerprint density at radius 3 is 2.37 bits per heavy atom. The van der Waals surface area contributed by atoms with Crippen molar-refractivity contribution in [3.05, 3.63) is 59.7 Å². The Balaban J connectivity index is 1.65. The average molecular weight is 378 g/mol. The van der Waals surface area contributed by atoms with E-state index in [4.69, 9.17) is 9.47 Å². The van der Waals surface area contributed by atoms with Crippen LogP contribution < -0.4 is 20.1 Å². The van der Waals surface area contributed by atoms with E-state index in [2.05, 4.69) is 10.6 Å². The van der Waals surface area contributed by atoms with E-state index in [9.17, 15) is 13.6 Å². The second kappa shape index (κ2) is 10.5. The molecule has 0 aromatic heterocycles. The van der Waals surface area contributed by atoms with Crippen molar-refractivity contribution in [2.24, 2.45) is 0 Å². The number of rotatable bonds is 10. The lowest BCUT2D eigenvalue weighted by atomic mass is 10.1. The molecule has 0 aliphatic heterocycles. The number of hydrogen-bond acceptors (Lipinski definition) is 4. The van der Waals surface area contributed by atoms with E-state index >= 15 is 0 Å². The van der Waals surface area contributed by atoms with Crippen LogP contribution in [0.25, 0.3) is 0 Å². The number of hydrogen-bond donors (Lipinski definition) is 2. The van der Waals surface area contributed by atoms with Crippen LogP contribution in [0, 0.1) is 11.6 Å². The van der Waals surface area contributed by atoms with Gasteiger partial charge in [-0.05, 0) is 44.2 Å². The molecule has 1 atom stereocenters. The summed E-state index contributed by atoms with van der Waals surface area (Å²) in [5.41, 5.74) is 0.308. The molecule has 0 radical (unpaired) electrons. The van der Waals surface area contributed by atoms with Crippen molar-refractivity contribution in [1.29, 1.82) is 0 Å². The topological polar surface area (TPSA) is 59.6 Å². The van der Waals surface area contributed by atoms with E-state index in [0.29, 0.717) is 31.1 Å². The number of carbonyl (C=O) groups is 1. The Kier molecular flexibility index (Phi) is 8.00. The molecule has 0 unspecified atom stereocenters. The smallest absolute Gasteiger partial charge is 0.234 e. The predicted octanol–water partition coefficient (Wildman–Crippen LogP) is 3.21. The molecule has 0 bridgehead atoms. The van der Waals surface area contributed by atoms with Crippen LogP contribution in [0.3, 0.4) is 0 Å². The molecule has 146 valence electrons. The Bertz CT molecular complexity index is 739. The molecule has 7 heteroatoms. The second-order valence-electron chi connectivity index (χ2n) is 5.87. The molecule has 0 saturated heterocycles. The molecule has 0 aliphatic carbocycles. The molecule has 0 spiro atoms. The number of benzene rings is 2. The van der Waals surface area contributed by atoms with E-state index in [1.54, 1.807) is 19.1 Å². The van der Waals surface area contributed by atoms with Crippen LogP contribution in [0.1, 0.15) is 25.5 Å². The third-order valence-electron chi connectivity index (χ3n) is 3.83. The molecule has 2 aromatic rings. The Morgan fingerprint density at radius 1 is 1.07 bits per heavy atom. The zero-order valence-electron chi connectivity index (χ0n) is 15.4. The summed E-state index contributed by atoms with van der Waals surface area (Å²) in [6.45, 7) is 4.90. The lowest BCUT2D eigenvalue weighted by molar-refractivity contribution is -0.120. The fraction of sp³-hybridized carbons (Fsp3) is 0.350. The van der Waals surface area contributed by atoms with Crippen molar-refractivity contribution in [1.82, 2.24) is 10.6 Å². The van der Waals surface area contributed by atoms with Crippen molar-refractivity contribution in [3.63, 3.8) is 0 Å². The Hall–Kier alpha value is -2.67. The van der Waals surface area contributed by atoms with Crippen molar-refractivity contribution in [3.8, 4) is 11.5 Å². The summed E-state index contributed by atoms with van der Waals surface area (Å²) in [4.78, 5) is 11.8. The minimum absolute atomic E-state index is 0.0149. The van der Waals surface area contributed by atoms with Gasteiger partial charge >= 0.3 is 0 Å². The highest BCUT2D eigenvalue weighted by Crippen LogP contribution is 2.18. The molecular weight excluding hydrogens is 354 g/mol. The van der Waals surface area contributed by atoms with E-state index in [1.807, 2.05) is 19.1 Å². The van der Waals surface area contributed by atoms with Gasteiger partial charge in [0.2, 0.25) is 5.91 Å². The molecule has 5 nitrogen and oxygen atoms in total. The van der Waals surface area contributed by atoms with Crippen LogP contribution in [0.5, 0.6) is 11.5 Å². The highest BCUT2D eigenvalue weighted by molar-refractivity contribution is 5.78. The number of nitrogens with one attached hydrogen (secondary N) is 2. The zero-order chi connectivity index (χ0) is 19.6. The number of carbonyl (C=O) groups excluding carboxylic acids is 1. The van der Waals surface area contributed by atoms with Crippen LogP contribution in [-0.2, 0) is 4.79 Å². The van der Waals surface area contributed by atoms with Crippen LogP contribution in [-0.4, -0.2) is 32.2 Å². The van der Waals surface area contributed by atoms with E-state index in [1.165, 1.54) is 12.1 Å². The Labute approximate surface area is 157 Å². The summed E-state index contributed by atoms with van der Waals surface area (Å²) in [5.74, 6) is -0.0466. The quantitative estimate of drug-likeness (QED) is 0.624. The van der Waals surface area contributed by atoms with Crippen molar-refractivity contribution >= 4 is 5.91 Å². The van der Waals surface area contributed by atoms with E-state index in [0.717, 1.165) is 11.8 Å². The first kappa shape index (κ1) is 20.6. The third-order valence-corrected chi connectivity index (χ3v) is 3.83. The number of amides is 1. The van der Waals surface area contributed by atoms with Crippen LogP contribution in [0.4, 0.5) is 8.78 Å². The Morgan fingerprint density at radius 2 is 1.74 bits per heavy atom. The first-order valence-electron chi connectivity index (χ1n) is 8.80. The van der Waals surface area contributed by atoms with Gasteiger partial charge in [0, 0.05) is 17.7 Å². The molecular formula is C20H24F2N2O3. The molecule has 2 N–H and O–H groups in total. The summed E-state index contributed by atoms with van der Waals surface area (Å²) < 4.78 is 37.5. The van der Waals surface area contributed by atoms with Gasteiger partial charge in [0.15, 0.2) is 0 Å². The minimum atomic E-state index is -0.640. The molecule has 1 amide bonds. The lowest BCUT2D eigenvalue weighted by Gasteiger charge is -2.15. The van der Waals surface area contributed by atoms with Crippen LogP contribution in [0.15, 0.2) is 42.5 Å². The average Bonchev–Trinajstić information content (AvgIpc) is 2.65. The van der Waals surface area contributed by atoms with Crippen LogP contribution >= 0.6 is 0 Å². The van der Waals surface area contributed by atoms with Gasteiger partial charge in [-0.15, -0.1) is 0 Å². The summed E-state index contributed by atoms with van der Waals surface area (Å²) >= 11 is 0. The molecule has 0 saturated carbocycles. The molecule has 2 rings (SSSR count). The van der Waals surface area contributed by atoms with Gasteiger partial charge in [-0.2, -0.15) is 0 Å². The fourth-order valence-corrected chi connectivity index (χ4v) is 2.43. The highest BCUT2D eigenvalue weighted by atomic mass is 19.1. The van der Waals surface area contributed by atoms with Gasteiger partial charge in [-0.1, -0.05) is 6.07 Å². The summed E-state index contributed by atoms with van der Waals surface area (Å²) in [5, 5.41) is 5.62. The summed E-state index contributed by atoms with van der Waals surface area (Å²) in [7, 11) is 0. The second-order valence-corrected chi connectivity index (χ2v) is 5.87. The fourth-order valence-electron chi connectivity index (χ4n) is 2.43. The molecule has 0 heterocycles. The van der Waals surface area contributed by atoms with Gasteiger partial charge in [-0.3, -0.25) is 4.79 Å². The highest BCUT2D eigenvalue weighted by Gasteiger charge is 2.12. The third kappa shape index (κ3) is 6.86. The molecule has 0 fully saturated rings. The zero-order valence-corrected chi connectivity index (χ0v) is 15.4. The number of halogens is 2. The van der Waals surface area contributed by atoms with Crippen molar-refractivity contribution in [2.75, 3.05) is 26.3 Å². The van der Waals surface area contributed by atoms with Crippen molar-refractivity contribution in [2.45, 2.75) is 19.9 Å². The van der Waals surface area contributed by atoms with Gasteiger partial charge in [0.25, 0.3) is 0 Å². The van der Waals surface area contributed by atoms with Gasteiger partial charge < -0.3 is 20.1 Å². The largest absolute Gasteiger partial charge is 0.494 e. The first-order valence-corrected chi connectivity index (χ1v) is 8.80.